The third-order valence-corrected chi connectivity index (χ3v) is 5.66. The molecule has 0 aliphatic heterocycles. The van der Waals surface area contributed by atoms with Gasteiger partial charge in [0, 0.05) is 14.6 Å². The molecule has 0 saturated heterocycles. The highest BCUT2D eigenvalue weighted by molar-refractivity contribution is 7.84. The van der Waals surface area contributed by atoms with Crippen LogP contribution in [-0.2, 0) is 34.2 Å². The molecule has 0 bridgehead atoms. The number of benzene rings is 1. The second-order valence-corrected chi connectivity index (χ2v) is 7.13. The van der Waals surface area contributed by atoms with Gasteiger partial charge in [0.15, 0.2) is 0 Å². The van der Waals surface area contributed by atoms with E-state index in [1.165, 1.54) is 4.88 Å². The van der Waals surface area contributed by atoms with Crippen LogP contribution in [0.15, 0.2) is 41.3 Å². The first-order chi connectivity index (χ1) is 9.58. The van der Waals surface area contributed by atoms with Crippen molar-refractivity contribution in [1.82, 2.24) is 0 Å². The number of aliphatic carboxylic acids is 1. The van der Waals surface area contributed by atoms with Gasteiger partial charge in [-0.1, -0.05) is 19.1 Å². The predicted molar refractivity (Wildman–Crippen MR) is 81.6 cm³/mol. The zero-order valence-corrected chi connectivity index (χ0v) is 12.8. The topological polar surface area (TPSA) is 54.4 Å². The minimum atomic E-state index is -1.08. The quantitative estimate of drug-likeness (QED) is 0.891. The van der Waals surface area contributed by atoms with Crippen LogP contribution in [0.1, 0.15) is 22.2 Å². The van der Waals surface area contributed by atoms with Crippen molar-refractivity contribution in [3.8, 4) is 0 Å². The van der Waals surface area contributed by atoms with Gasteiger partial charge in [0.2, 0.25) is 0 Å². The van der Waals surface area contributed by atoms with E-state index < -0.39 is 16.8 Å². The van der Waals surface area contributed by atoms with Crippen molar-refractivity contribution in [1.29, 1.82) is 0 Å². The number of rotatable bonds is 6. The van der Waals surface area contributed by atoms with Crippen LogP contribution < -0.4 is 0 Å². The molecule has 5 heteroatoms. The van der Waals surface area contributed by atoms with Crippen LogP contribution in [0.4, 0.5) is 0 Å². The van der Waals surface area contributed by atoms with E-state index in [-0.39, 0.29) is 6.42 Å². The monoisotopic (exact) mass is 308 g/mol. The maximum Gasteiger partial charge on any atom is 0.307 e. The first kappa shape index (κ1) is 14.9. The van der Waals surface area contributed by atoms with Crippen molar-refractivity contribution in [3.05, 3.63) is 51.7 Å². The van der Waals surface area contributed by atoms with Gasteiger partial charge in [0.05, 0.1) is 23.0 Å². The van der Waals surface area contributed by atoms with E-state index in [0.29, 0.717) is 5.75 Å². The van der Waals surface area contributed by atoms with Crippen molar-refractivity contribution < 1.29 is 14.1 Å². The van der Waals surface area contributed by atoms with Crippen molar-refractivity contribution in [2.24, 2.45) is 0 Å². The minimum absolute atomic E-state index is 0.00228. The molecule has 2 rings (SSSR count). The molecular weight excluding hydrogens is 292 g/mol. The molecule has 0 aliphatic carbocycles. The molecule has 0 radical (unpaired) electrons. The molecule has 1 atom stereocenters. The van der Waals surface area contributed by atoms with Crippen molar-refractivity contribution in [2.45, 2.75) is 30.4 Å². The zero-order valence-electron chi connectivity index (χ0n) is 11.2. The standard InChI is InChI=1S/C15H16O3S2/c1-2-12-5-6-13(19-12)10-20(18)14-7-3-11(4-8-14)9-15(16)17/h3-8H,2,9-10H2,1H3,(H,16,17). The van der Waals surface area contributed by atoms with Gasteiger partial charge in [-0.05, 0) is 36.2 Å². The summed E-state index contributed by atoms with van der Waals surface area (Å²) in [5.41, 5.74) is 0.725. The van der Waals surface area contributed by atoms with Gasteiger partial charge >= 0.3 is 5.97 Å². The van der Waals surface area contributed by atoms with Gasteiger partial charge in [-0.3, -0.25) is 9.00 Å². The number of carboxylic acid groups (broad SMARTS) is 1. The number of carboxylic acids is 1. The molecule has 20 heavy (non-hydrogen) atoms. The number of thiophene rings is 1. The number of hydrogen-bond donors (Lipinski definition) is 1. The van der Waals surface area contributed by atoms with Gasteiger partial charge in [0.25, 0.3) is 0 Å². The first-order valence-corrected chi connectivity index (χ1v) is 8.48. The highest BCUT2D eigenvalue weighted by Gasteiger charge is 2.08. The van der Waals surface area contributed by atoms with Gasteiger partial charge < -0.3 is 5.11 Å². The average Bonchev–Trinajstić information content (AvgIpc) is 2.86. The van der Waals surface area contributed by atoms with Gasteiger partial charge in [-0.2, -0.15) is 0 Å². The summed E-state index contributed by atoms with van der Waals surface area (Å²) in [4.78, 5) is 13.8. The molecular formula is C15H16O3S2. The van der Waals surface area contributed by atoms with Crippen LogP contribution in [0, 0.1) is 0 Å². The van der Waals surface area contributed by atoms with E-state index in [2.05, 4.69) is 13.0 Å². The largest absolute Gasteiger partial charge is 0.481 e. The van der Waals surface area contributed by atoms with E-state index in [1.807, 2.05) is 6.07 Å². The van der Waals surface area contributed by atoms with Crippen LogP contribution >= 0.6 is 11.3 Å². The highest BCUT2D eigenvalue weighted by Crippen LogP contribution is 2.21. The zero-order chi connectivity index (χ0) is 14.5. The molecule has 1 heterocycles. The Morgan fingerprint density at radius 1 is 1.15 bits per heavy atom. The van der Waals surface area contributed by atoms with Crippen molar-refractivity contribution >= 4 is 28.1 Å². The van der Waals surface area contributed by atoms with Crippen LogP contribution in [0.3, 0.4) is 0 Å². The molecule has 1 N–H and O–H groups in total. The summed E-state index contributed by atoms with van der Waals surface area (Å²) in [5.74, 6) is -0.340. The summed E-state index contributed by atoms with van der Waals surface area (Å²) in [6.07, 6.45) is 0.999. The second-order valence-electron chi connectivity index (χ2n) is 4.43. The molecule has 0 saturated carbocycles. The summed E-state index contributed by atoms with van der Waals surface area (Å²) < 4.78 is 12.2. The molecule has 2 aromatic rings. The Labute approximate surface area is 124 Å². The predicted octanol–water partition coefficient (Wildman–Crippen LogP) is 3.25. The molecule has 0 fully saturated rings. The van der Waals surface area contributed by atoms with Crippen LogP contribution in [0.5, 0.6) is 0 Å². The van der Waals surface area contributed by atoms with E-state index in [4.69, 9.17) is 5.11 Å². The maximum absolute atomic E-state index is 12.2. The van der Waals surface area contributed by atoms with Gasteiger partial charge in [0.1, 0.15) is 0 Å². The number of hydrogen-bond acceptors (Lipinski definition) is 3. The molecule has 0 aliphatic rings. The molecule has 3 nitrogen and oxygen atoms in total. The van der Waals surface area contributed by atoms with Crippen molar-refractivity contribution in [3.63, 3.8) is 0 Å². The summed E-state index contributed by atoms with van der Waals surface area (Å²) in [5, 5.41) is 8.71. The lowest BCUT2D eigenvalue weighted by molar-refractivity contribution is -0.136. The normalized spacial score (nSPS) is 12.2. The minimum Gasteiger partial charge on any atom is -0.481 e. The smallest absolute Gasteiger partial charge is 0.307 e. The lowest BCUT2D eigenvalue weighted by atomic mass is 10.2. The fraction of sp³-hybridized carbons (Fsp3) is 0.267. The van der Waals surface area contributed by atoms with Crippen LogP contribution in [0.25, 0.3) is 0 Å². The Morgan fingerprint density at radius 3 is 2.35 bits per heavy atom. The maximum atomic E-state index is 12.2. The van der Waals surface area contributed by atoms with E-state index >= 15 is 0 Å². The Hall–Kier alpha value is -1.46. The first-order valence-electron chi connectivity index (χ1n) is 6.35. The van der Waals surface area contributed by atoms with E-state index in [1.54, 1.807) is 35.6 Å². The second kappa shape index (κ2) is 6.81. The third kappa shape index (κ3) is 4.02. The number of aryl methyl sites for hydroxylation is 1. The van der Waals surface area contributed by atoms with E-state index in [9.17, 15) is 9.00 Å². The third-order valence-electron chi connectivity index (χ3n) is 2.88. The Balaban J connectivity index is 2.03. The molecule has 0 spiro atoms. The summed E-state index contributed by atoms with van der Waals surface area (Å²) in [6, 6.07) is 11.1. The fourth-order valence-electron chi connectivity index (χ4n) is 1.84. The van der Waals surface area contributed by atoms with Crippen LogP contribution in [-0.4, -0.2) is 15.3 Å². The van der Waals surface area contributed by atoms with Crippen LogP contribution in [0.2, 0.25) is 0 Å². The lowest BCUT2D eigenvalue weighted by Crippen LogP contribution is -2.00. The fourth-order valence-corrected chi connectivity index (χ4v) is 4.11. The number of carbonyl (C=O) groups is 1. The van der Waals surface area contributed by atoms with Gasteiger partial charge in [-0.15, -0.1) is 11.3 Å². The molecule has 0 amide bonds. The molecule has 1 aromatic carbocycles. The van der Waals surface area contributed by atoms with Crippen molar-refractivity contribution in [2.75, 3.05) is 0 Å². The summed E-state index contributed by atoms with van der Waals surface area (Å²) in [6.45, 7) is 2.10. The average molecular weight is 308 g/mol. The molecule has 106 valence electrons. The Morgan fingerprint density at radius 2 is 1.80 bits per heavy atom. The SMILES string of the molecule is CCc1ccc(CS(=O)c2ccc(CC(=O)O)cc2)s1. The molecule has 1 unspecified atom stereocenters. The lowest BCUT2D eigenvalue weighted by Gasteiger charge is -2.02. The van der Waals surface area contributed by atoms with Gasteiger partial charge in [-0.25, -0.2) is 0 Å². The Bertz CT molecular complexity index is 614. The Kier molecular flexibility index (Phi) is 5.09. The molecule has 1 aromatic heterocycles. The van der Waals surface area contributed by atoms with E-state index in [0.717, 1.165) is 21.8 Å². The summed E-state index contributed by atoms with van der Waals surface area (Å²) in [7, 11) is -1.08. The summed E-state index contributed by atoms with van der Waals surface area (Å²) >= 11 is 1.70. The highest BCUT2D eigenvalue weighted by atomic mass is 32.2.